The average Bonchev–Trinajstić information content (AvgIpc) is 3.25. The van der Waals surface area contributed by atoms with E-state index < -0.39 is 16.6 Å². The van der Waals surface area contributed by atoms with E-state index in [9.17, 15) is 0 Å². The van der Waals surface area contributed by atoms with Crippen LogP contribution in [0.3, 0.4) is 0 Å². The molecule has 238 valence electrons. The van der Waals surface area contributed by atoms with Crippen LogP contribution in [-0.2, 0) is 8.85 Å². The molecule has 0 saturated heterocycles. The normalized spacial score (nSPS) is 35.5. The summed E-state index contributed by atoms with van der Waals surface area (Å²) in [5, 5.41) is 0. The van der Waals surface area contributed by atoms with Crippen LogP contribution in [0.1, 0.15) is 145 Å². The van der Waals surface area contributed by atoms with E-state index in [1.807, 2.05) is 0 Å². The number of hydrogen-bond donors (Lipinski definition) is 0. The first-order valence-electron chi connectivity index (χ1n) is 18.7. The Labute approximate surface area is 258 Å². The van der Waals surface area contributed by atoms with Gasteiger partial charge in [-0.25, -0.2) is 0 Å². The van der Waals surface area contributed by atoms with Crippen molar-refractivity contribution in [1.29, 1.82) is 0 Å². The molecule has 0 spiro atoms. The molecule has 4 heteroatoms. The van der Waals surface area contributed by atoms with E-state index in [-0.39, 0.29) is 0 Å². The van der Waals surface area contributed by atoms with E-state index in [0.29, 0.717) is 23.0 Å². The van der Waals surface area contributed by atoms with Gasteiger partial charge in [0.2, 0.25) is 0 Å². The van der Waals surface area contributed by atoms with Crippen molar-refractivity contribution in [2.24, 2.45) is 28.6 Å². The van der Waals surface area contributed by atoms with Crippen molar-refractivity contribution < 1.29 is 8.85 Å². The summed E-state index contributed by atoms with van der Waals surface area (Å²) in [5.41, 5.74) is 2.62. The third kappa shape index (κ3) is 6.86. The first-order valence-corrected chi connectivity index (χ1v) is 23.8. The van der Waals surface area contributed by atoms with Gasteiger partial charge in [0.15, 0.2) is 16.6 Å². The molecule has 0 heterocycles. The second-order valence-corrected chi connectivity index (χ2v) is 24.0. The zero-order valence-corrected chi connectivity index (χ0v) is 30.9. The summed E-state index contributed by atoms with van der Waals surface area (Å²) in [6.45, 7) is 19.7. The lowest BCUT2D eigenvalue weighted by Crippen LogP contribution is -2.53. The molecule has 0 aromatic heterocycles. The Morgan fingerprint density at radius 2 is 1.20 bits per heavy atom. The largest absolute Gasteiger partial charge is 0.414 e. The minimum absolute atomic E-state index is 0.405. The summed E-state index contributed by atoms with van der Waals surface area (Å²) < 4.78 is 14.9. The highest BCUT2D eigenvalue weighted by Crippen LogP contribution is 2.65. The Morgan fingerprint density at radius 1 is 0.659 bits per heavy atom. The standard InChI is InChI=1S/C37H70O2Si2/c1-9-23-40(24-10-2,25-11-3)38-31-19-21-36(7)30(29-31)15-16-32-33-17-18-35(37(33,8)22-20-34(32)36)39-41(26-12-4,27-13-5)28-14-6/h15,31-35H,9-14,16-29H2,1-8H3/t31-,32-,33-,34-,35-,36-,37-/m0/s1. The Balaban J connectivity index is 1.49. The smallest absolute Gasteiger partial charge is 0.193 e. The summed E-state index contributed by atoms with van der Waals surface area (Å²) in [5.74, 6) is 2.63. The van der Waals surface area contributed by atoms with Crippen LogP contribution in [-0.4, -0.2) is 28.8 Å². The van der Waals surface area contributed by atoms with Crippen molar-refractivity contribution in [3.05, 3.63) is 11.6 Å². The van der Waals surface area contributed by atoms with E-state index >= 15 is 0 Å². The van der Waals surface area contributed by atoms with E-state index in [2.05, 4.69) is 61.5 Å². The maximum Gasteiger partial charge on any atom is 0.193 e. The Kier molecular flexibility index (Phi) is 12.0. The van der Waals surface area contributed by atoms with Crippen LogP contribution in [0.4, 0.5) is 0 Å². The molecule has 2 nitrogen and oxygen atoms in total. The molecule has 41 heavy (non-hydrogen) atoms. The van der Waals surface area contributed by atoms with Crippen LogP contribution < -0.4 is 0 Å². The Bertz CT molecular complexity index is 822. The van der Waals surface area contributed by atoms with Gasteiger partial charge in [0.05, 0.1) is 6.10 Å². The molecule has 0 radical (unpaired) electrons. The molecule has 0 amide bonds. The molecule has 0 unspecified atom stereocenters. The number of hydrogen-bond acceptors (Lipinski definition) is 2. The summed E-state index contributed by atoms with van der Waals surface area (Å²) >= 11 is 0. The highest BCUT2D eigenvalue weighted by Gasteiger charge is 2.60. The molecule has 4 rings (SSSR count). The fourth-order valence-electron chi connectivity index (χ4n) is 11.4. The topological polar surface area (TPSA) is 18.5 Å². The lowest BCUT2D eigenvalue weighted by Gasteiger charge is -2.58. The van der Waals surface area contributed by atoms with Gasteiger partial charge >= 0.3 is 0 Å². The second-order valence-electron chi connectivity index (χ2n) is 15.8. The molecule has 3 saturated carbocycles. The van der Waals surface area contributed by atoms with Crippen molar-refractivity contribution in [2.45, 2.75) is 194 Å². The molecule has 0 aromatic rings. The number of fused-ring (bicyclic) bond motifs is 5. The predicted molar refractivity (Wildman–Crippen MR) is 184 cm³/mol. The van der Waals surface area contributed by atoms with E-state index in [1.165, 1.54) is 126 Å². The Hall–Kier alpha value is 0.0938. The summed E-state index contributed by atoms with van der Waals surface area (Å²) in [6, 6.07) is 8.25. The molecule has 0 N–H and O–H groups in total. The minimum Gasteiger partial charge on any atom is -0.414 e. The SMILES string of the molecule is CCC[Si](CCC)(CCC)O[C@H]1CC[C@@]2(C)C(=CC[C@H]3[C@@H]4CC[C@H](O[Si](CCC)(CCC)CCC)[C@@]4(C)CC[C@@H]32)C1. The van der Waals surface area contributed by atoms with Gasteiger partial charge in [0, 0.05) is 6.10 Å². The number of rotatable bonds is 16. The third-order valence-electron chi connectivity index (χ3n) is 13.0. The fourth-order valence-corrected chi connectivity index (χ4v) is 20.9. The van der Waals surface area contributed by atoms with Crippen LogP contribution in [0.5, 0.6) is 0 Å². The van der Waals surface area contributed by atoms with Crippen LogP contribution >= 0.6 is 0 Å². The van der Waals surface area contributed by atoms with Crippen molar-refractivity contribution in [1.82, 2.24) is 0 Å². The summed E-state index contributed by atoms with van der Waals surface area (Å²) in [4.78, 5) is 0. The molecule has 4 aliphatic rings. The van der Waals surface area contributed by atoms with Crippen molar-refractivity contribution in [3.63, 3.8) is 0 Å². The van der Waals surface area contributed by atoms with Gasteiger partial charge in [0.25, 0.3) is 0 Å². The van der Waals surface area contributed by atoms with Gasteiger partial charge in [-0.1, -0.05) is 106 Å². The van der Waals surface area contributed by atoms with Crippen LogP contribution in [0, 0.1) is 28.6 Å². The van der Waals surface area contributed by atoms with E-state index in [4.69, 9.17) is 8.85 Å². The highest BCUT2D eigenvalue weighted by molar-refractivity contribution is 6.74. The van der Waals surface area contributed by atoms with Gasteiger partial charge in [-0.15, -0.1) is 0 Å². The maximum absolute atomic E-state index is 7.54. The lowest BCUT2D eigenvalue weighted by atomic mass is 9.48. The number of allylic oxidation sites excluding steroid dienone is 1. The third-order valence-corrected chi connectivity index (χ3v) is 23.1. The van der Waals surface area contributed by atoms with Gasteiger partial charge in [-0.2, -0.15) is 0 Å². The summed E-state index contributed by atoms with van der Waals surface area (Å²) in [6.07, 6.45) is 22.4. The molecule has 0 aromatic carbocycles. The minimum atomic E-state index is -1.64. The zero-order valence-electron chi connectivity index (χ0n) is 28.9. The molecule has 7 atom stereocenters. The van der Waals surface area contributed by atoms with Gasteiger partial charge < -0.3 is 8.85 Å². The second kappa shape index (κ2) is 14.5. The van der Waals surface area contributed by atoms with Gasteiger partial charge in [0.1, 0.15) is 0 Å². The quantitative estimate of drug-likeness (QED) is 0.129. The van der Waals surface area contributed by atoms with Crippen LogP contribution in [0.15, 0.2) is 11.6 Å². The van der Waals surface area contributed by atoms with Crippen LogP contribution in [0.25, 0.3) is 0 Å². The molecular weight excluding hydrogens is 533 g/mol. The molecule has 0 bridgehead atoms. The monoisotopic (exact) mass is 602 g/mol. The molecule has 3 fully saturated rings. The van der Waals surface area contributed by atoms with Crippen molar-refractivity contribution >= 4 is 16.6 Å². The van der Waals surface area contributed by atoms with Crippen LogP contribution in [0.2, 0.25) is 36.3 Å². The average molecular weight is 603 g/mol. The van der Waals surface area contributed by atoms with Crippen molar-refractivity contribution in [2.75, 3.05) is 0 Å². The fraction of sp³-hybridized carbons (Fsp3) is 0.946. The Morgan fingerprint density at radius 3 is 1.73 bits per heavy atom. The molecule has 4 aliphatic carbocycles. The highest BCUT2D eigenvalue weighted by atomic mass is 28.4. The zero-order chi connectivity index (χ0) is 29.7. The lowest BCUT2D eigenvalue weighted by molar-refractivity contribution is -0.0669. The summed E-state index contributed by atoms with van der Waals surface area (Å²) in [7, 11) is -3.25. The molecular formula is C37H70O2Si2. The van der Waals surface area contributed by atoms with E-state index in [0.717, 1.165) is 17.8 Å². The first kappa shape index (κ1) is 34.0. The predicted octanol–water partition coefficient (Wildman–Crippen LogP) is 12.1. The van der Waals surface area contributed by atoms with Crippen molar-refractivity contribution in [3.8, 4) is 0 Å². The van der Waals surface area contributed by atoms with Gasteiger partial charge in [-0.05, 0) is 116 Å². The van der Waals surface area contributed by atoms with Gasteiger partial charge in [-0.3, -0.25) is 0 Å². The van der Waals surface area contributed by atoms with E-state index in [1.54, 1.807) is 5.57 Å². The first-order chi connectivity index (χ1) is 19.7. The maximum atomic E-state index is 7.54. The molecule has 0 aliphatic heterocycles.